The Bertz CT molecular complexity index is 5120. The van der Waals surface area contributed by atoms with E-state index in [4.69, 9.17) is 52.9 Å². The van der Waals surface area contributed by atoms with Gasteiger partial charge in [-0.25, -0.2) is 29.8 Å². The molecular weight excluding hydrogens is 1400 g/mol. The molecule has 111 heavy (non-hydrogen) atoms. The number of aryl methyl sites for hydroxylation is 2. The van der Waals surface area contributed by atoms with Crippen LogP contribution in [0, 0.1) is 67.6 Å². The van der Waals surface area contributed by atoms with Crippen molar-refractivity contribution in [3.8, 4) is 18.2 Å². The van der Waals surface area contributed by atoms with Crippen LogP contribution in [0.4, 0.5) is 28.4 Å². The van der Waals surface area contributed by atoms with E-state index >= 15 is 0 Å². The summed E-state index contributed by atoms with van der Waals surface area (Å²) in [5.74, 6) is 0.311. The van der Waals surface area contributed by atoms with Gasteiger partial charge in [-0.3, -0.25) is 0 Å². The maximum absolute atomic E-state index is 10.6. The van der Waals surface area contributed by atoms with Gasteiger partial charge in [-0.05, 0) is 224 Å². The van der Waals surface area contributed by atoms with E-state index in [1.54, 1.807) is 48.5 Å². The molecule has 2 atom stereocenters. The zero-order valence-electron chi connectivity index (χ0n) is 66.5. The van der Waals surface area contributed by atoms with Crippen molar-refractivity contribution < 1.29 is 4.58 Å². The molecule has 7 aromatic carbocycles. The second kappa shape index (κ2) is 37.8. The highest BCUT2D eigenvalue weighted by Crippen LogP contribution is 2.49. The van der Waals surface area contributed by atoms with E-state index in [2.05, 4.69) is 249 Å². The molecule has 12 nitrogen and oxygen atoms in total. The van der Waals surface area contributed by atoms with Gasteiger partial charge in [-0.2, -0.15) is 5.26 Å². The Morgan fingerprint density at radius 1 is 0.550 bits per heavy atom. The molecule has 14 heteroatoms. The van der Waals surface area contributed by atoms with Gasteiger partial charge in [0.05, 0.1) is 31.0 Å². The Balaban J connectivity index is 1.02. The number of nitriles is 3. The molecule has 2 unspecified atom stereocenters. The van der Waals surface area contributed by atoms with Crippen LogP contribution in [0.5, 0.6) is 0 Å². The topological polar surface area (TPSA) is 122 Å². The number of nitrogens with zero attached hydrogens (tertiary/aromatic N) is 12. The van der Waals surface area contributed by atoms with E-state index in [0.717, 1.165) is 169 Å². The van der Waals surface area contributed by atoms with Crippen LogP contribution in [0.3, 0.4) is 0 Å². The molecule has 0 spiro atoms. The quantitative estimate of drug-likeness (QED) is 0.0120. The molecule has 7 aromatic rings. The van der Waals surface area contributed by atoms with Crippen molar-refractivity contribution in [2.24, 2.45) is 9.98 Å². The van der Waals surface area contributed by atoms with Gasteiger partial charge in [0.1, 0.15) is 24.9 Å². The van der Waals surface area contributed by atoms with E-state index < -0.39 is 0 Å². The highest BCUT2D eigenvalue weighted by Gasteiger charge is 2.39. The van der Waals surface area contributed by atoms with Gasteiger partial charge in [-0.15, -0.1) is 4.99 Å². The third-order valence-corrected chi connectivity index (χ3v) is 22.2. The van der Waals surface area contributed by atoms with Crippen molar-refractivity contribution in [3.05, 3.63) is 311 Å². The Morgan fingerprint density at radius 2 is 0.982 bits per heavy atom. The Morgan fingerprint density at radius 3 is 1.42 bits per heavy atom. The first kappa shape index (κ1) is 82.2. The average Bonchev–Trinajstić information content (AvgIpc) is 0.755. The highest BCUT2D eigenvalue weighted by atomic mass is 35.5. The zero-order valence-corrected chi connectivity index (χ0v) is 68.0. The lowest BCUT2D eigenvalue weighted by molar-refractivity contribution is -0.527. The summed E-state index contributed by atoms with van der Waals surface area (Å²) in [5, 5.41) is 31.9. The van der Waals surface area contributed by atoms with Crippen molar-refractivity contribution in [1.82, 2.24) is 0 Å². The van der Waals surface area contributed by atoms with Crippen molar-refractivity contribution in [3.63, 3.8) is 0 Å². The van der Waals surface area contributed by atoms with Crippen LogP contribution < -0.4 is 14.7 Å². The van der Waals surface area contributed by atoms with Gasteiger partial charge >= 0.3 is 0 Å². The third kappa shape index (κ3) is 19.6. The Hall–Kier alpha value is -11.4. The lowest BCUT2D eigenvalue weighted by Gasteiger charge is -2.48. The van der Waals surface area contributed by atoms with Gasteiger partial charge < -0.3 is 19.5 Å². The average molecular weight is 1510 g/mol. The summed E-state index contributed by atoms with van der Waals surface area (Å²) in [7, 11) is 0. The fourth-order valence-corrected chi connectivity index (χ4v) is 15.8. The van der Waals surface area contributed by atoms with Crippen molar-refractivity contribution in [2.45, 2.75) is 183 Å². The summed E-state index contributed by atoms with van der Waals surface area (Å²) >= 11 is 12.5. The second-order valence-corrected chi connectivity index (χ2v) is 31.5. The van der Waals surface area contributed by atoms with E-state index in [1.165, 1.54) is 11.4 Å². The molecule has 3 aliphatic rings. The first-order valence-electron chi connectivity index (χ1n) is 39.0. The van der Waals surface area contributed by atoms with Gasteiger partial charge in [0.2, 0.25) is 0 Å². The summed E-state index contributed by atoms with van der Waals surface area (Å²) in [5.41, 5.74) is 19.4. The van der Waals surface area contributed by atoms with Gasteiger partial charge in [0.15, 0.2) is 11.4 Å². The monoisotopic (exact) mass is 1500 g/mol. The van der Waals surface area contributed by atoms with Gasteiger partial charge in [0.25, 0.3) is 17.2 Å². The minimum Gasteiger partial charge on any atom is -0.372 e. The van der Waals surface area contributed by atoms with Crippen LogP contribution in [-0.2, 0) is 13.1 Å². The smallest absolute Gasteiger partial charge is 0.272 e. The largest absolute Gasteiger partial charge is 0.372 e. The lowest BCUT2D eigenvalue weighted by Crippen LogP contribution is -2.47. The first-order valence-corrected chi connectivity index (χ1v) is 39.8. The number of aliphatic imine (C=N–C) groups is 2. The molecule has 10 rings (SSSR count). The second-order valence-electron chi connectivity index (χ2n) is 30.7. The summed E-state index contributed by atoms with van der Waals surface area (Å²) < 4.78 is 2.54. The Labute approximate surface area is 670 Å². The molecule has 0 fully saturated rings. The van der Waals surface area contributed by atoms with E-state index in [1.807, 2.05) is 26.0 Å². The number of unbranched alkanes of at least 4 members (excludes halogenated alkanes) is 4. The number of hydrogen-bond donors (Lipinski definition) is 0. The number of rotatable bonds is 28. The number of halogens is 2. The summed E-state index contributed by atoms with van der Waals surface area (Å²) in [6, 6.07) is 55.7. The maximum Gasteiger partial charge on any atom is 0.272 e. The molecule has 2 heterocycles. The number of fused-ring (bicyclic) bond motifs is 2. The zero-order chi connectivity index (χ0) is 79.5. The van der Waals surface area contributed by atoms with E-state index in [-0.39, 0.29) is 57.0 Å². The number of allylic oxidation sites excluding steroid dienone is 12. The fraction of sp³-hybridized carbons (Fsp3) is 0.330. The van der Waals surface area contributed by atoms with Crippen LogP contribution in [0.15, 0.2) is 215 Å². The van der Waals surface area contributed by atoms with Crippen LogP contribution in [-0.4, -0.2) is 59.1 Å². The van der Waals surface area contributed by atoms with E-state index in [0.29, 0.717) is 45.6 Å². The SMILES string of the molecule is [C-]#[N+]C(=Nc1cc2c(cc1C)N(Cc1ccc(/C(=C/C=C/C(=C3C=CC(=[N+](CCCC)CCCC)C=C3)c3ccc(CN4c5cc(C)c(N=C(C#N)/C(=C(/C#N)[N+]#[C-])c6ccc(Cl)cc6)cc5C(C)CC4(C)C)cc3)c3ccc(N(CCCC)CCCC)cc3)cc1)C(C)(C)CC2C)/C(=C(\C#N)[N+]#[C-])c1ccc(Cl)cc1. The molecular formula is C97H101Cl2N12+. The molecule has 2 aliphatic heterocycles. The van der Waals surface area contributed by atoms with Crippen LogP contribution in [0.1, 0.15) is 206 Å². The summed E-state index contributed by atoms with van der Waals surface area (Å²) in [6.45, 7) is 56.2. The number of hydrogen-bond acceptors (Lipinski definition) is 8. The van der Waals surface area contributed by atoms with Crippen molar-refractivity contribution >= 4 is 91.2 Å². The predicted molar refractivity (Wildman–Crippen MR) is 464 cm³/mol. The van der Waals surface area contributed by atoms with Crippen LogP contribution in [0.25, 0.3) is 36.8 Å². The Kier molecular flexibility index (Phi) is 28.0. The molecule has 0 aromatic heterocycles. The predicted octanol–water partition coefficient (Wildman–Crippen LogP) is 25.5. The molecule has 1 aliphatic carbocycles. The molecule has 562 valence electrons. The van der Waals surface area contributed by atoms with Gasteiger partial charge in [-0.1, -0.05) is 200 Å². The normalized spacial score (nSPS) is 16.3. The van der Waals surface area contributed by atoms with Crippen LogP contribution >= 0.6 is 23.2 Å². The lowest BCUT2D eigenvalue weighted by atomic mass is 9.79. The van der Waals surface area contributed by atoms with Gasteiger partial charge in [0, 0.05) is 106 Å². The van der Waals surface area contributed by atoms with Crippen molar-refractivity contribution in [1.29, 1.82) is 15.8 Å². The highest BCUT2D eigenvalue weighted by molar-refractivity contribution is 6.34. The first-order chi connectivity index (χ1) is 53.5. The van der Waals surface area contributed by atoms with Crippen LogP contribution in [0.2, 0.25) is 10.0 Å². The third-order valence-electron chi connectivity index (χ3n) is 21.7. The molecule has 0 radical (unpaired) electrons. The standard InChI is InChI=1S/C97H101Cl2N12/c1-16-20-51-108(52-21-17-2)80-47-39-74(40-48-80)82(72-31-27-70(28-32-72)64-110-91-55-66(5)86(57-84(91)68(7)59-96(110,9)10)106-90(63-102)93(88(61-100)103-13)76-35-43-78(98)44-36-76)25-24-26-83(75-41-49-81(50-42-75)109(53-22-18-3)54-23-19-4)73-33-29-71(30-34-73)65-111-92-56-67(6)87(58-85(92)69(8)60-97(111,11)12)107-95(105-15)94(89(62-101)104-14)77-37-45-79(99)46-38-77/h24-50,55-58,68-69H,16-23,51-54,59-60,64-65H2,1-12H3/q+1/b93-88-,94-89+,106-90?,107-95?. The minimum atomic E-state index is -0.222. The number of anilines is 3. The molecule has 0 N–H and O–H groups in total. The maximum atomic E-state index is 10.6. The molecule has 0 saturated carbocycles. The van der Waals surface area contributed by atoms with E-state index in [9.17, 15) is 15.8 Å². The van der Waals surface area contributed by atoms with Crippen molar-refractivity contribution in [2.75, 3.05) is 40.9 Å². The molecule has 0 amide bonds. The summed E-state index contributed by atoms with van der Waals surface area (Å²) in [6.07, 6.45) is 26.8. The fourth-order valence-electron chi connectivity index (χ4n) is 15.6. The number of amidine groups is 1. The molecule has 0 saturated heterocycles. The number of benzene rings is 7. The summed E-state index contributed by atoms with van der Waals surface area (Å²) in [4.78, 5) is 28.3. The molecule has 0 bridgehead atoms. The minimum absolute atomic E-state index is 0.0143.